The summed E-state index contributed by atoms with van der Waals surface area (Å²) in [5.74, 6) is -4.08. The second kappa shape index (κ2) is 6.17. The molecular formula is C20H18F3NO3S. The Morgan fingerprint density at radius 3 is 2.29 bits per heavy atom. The molecule has 8 heteroatoms. The molecule has 0 saturated heterocycles. The Hall–Kier alpha value is -2.16. The topological polar surface area (TPSA) is 69.4 Å². The lowest BCUT2D eigenvalue weighted by molar-refractivity contribution is -0.125. The highest BCUT2D eigenvalue weighted by atomic mass is 32.2. The lowest BCUT2D eigenvalue weighted by Gasteiger charge is -2.28. The minimum absolute atomic E-state index is 0.0385. The van der Waals surface area contributed by atoms with Crippen molar-refractivity contribution in [3.63, 3.8) is 0 Å². The number of hydrogen-bond donors (Lipinski definition) is 1. The summed E-state index contributed by atoms with van der Waals surface area (Å²) < 4.78 is 70.7. The Kier molecular flexibility index (Phi) is 4.22. The first-order valence-electron chi connectivity index (χ1n) is 8.65. The molecule has 0 aromatic heterocycles. The largest absolute Gasteiger partial charge is 0.343 e. The van der Waals surface area contributed by atoms with Gasteiger partial charge in [0.2, 0.25) is 16.2 Å². The summed E-state index contributed by atoms with van der Waals surface area (Å²) in [5, 5.41) is 5.12. The molecule has 2 atom stereocenters. The molecule has 2 N–H and O–H groups in total. The smallest absolute Gasteiger partial charge is 0.266 e. The van der Waals surface area contributed by atoms with Crippen molar-refractivity contribution < 1.29 is 26.3 Å². The van der Waals surface area contributed by atoms with Crippen molar-refractivity contribution in [3.05, 3.63) is 71.1 Å². The van der Waals surface area contributed by atoms with Crippen molar-refractivity contribution in [2.45, 2.75) is 29.8 Å². The van der Waals surface area contributed by atoms with Crippen molar-refractivity contribution in [2.24, 2.45) is 10.6 Å². The van der Waals surface area contributed by atoms with Gasteiger partial charge in [0.05, 0.1) is 4.90 Å². The maximum absolute atomic E-state index is 14.7. The molecule has 0 radical (unpaired) electrons. The van der Waals surface area contributed by atoms with Gasteiger partial charge in [0.15, 0.2) is 0 Å². The first kappa shape index (κ1) is 19.2. The second-order valence-corrected chi connectivity index (χ2v) is 8.84. The van der Waals surface area contributed by atoms with Crippen LogP contribution in [0.4, 0.5) is 13.2 Å². The van der Waals surface area contributed by atoms with E-state index in [1.165, 1.54) is 18.2 Å². The number of hydrogen-bond acceptors (Lipinski definition) is 3. The minimum atomic E-state index is -3.84. The molecule has 148 valence electrons. The van der Waals surface area contributed by atoms with Gasteiger partial charge in [-0.2, -0.15) is 0 Å². The zero-order valence-electron chi connectivity index (χ0n) is 15.0. The Balaban J connectivity index is 1.76. The number of primary sulfonamides is 1. The lowest BCUT2D eigenvalue weighted by Crippen LogP contribution is -2.37. The highest BCUT2D eigenvalue weighted by Crippen LogP contribution is 2.57. The van der Waals surface area contributed by atoms with Gasteiger partial charge in [0.1, 0.15) is 5.83 Å². The molecule has 0 heterocycles. The van der Waals surface area contributed by atoms with Crippen LogP contribution in [0.5, 0.6) is 0 Å². The predicted octanol–water partition coefficient (Wildman–Crippen LogP) is 3.88. The Bertz CT molecular complexity index is 1070. The fraction of sp³-hybridized carbons (Fsp3) is 0.300. The Morgan fingerprint density at radius 1 is 1.14 bits per heavy atom. The number of alkyl halides is 2. The standard InChI is InChI=1S/C20H18F3NO3S/c1-27-20(23)7-6-14(17(21)18(20)22)16-11-19(8-9-19)10-15(16)12-2-4-13(5-3-12)28(24,25)26/h2-7,10-11,18H,8-9H2,1H3,(H2,24,25,26). The molecule has 1 spiro atoms. The van der Waals surface area contributed by atoms with E-state index < -0.39 is 27.9 Å². The van der Waals surface area contributed by atoms with E-state index in [1.54, 1.807) is 12.1 Å². The summed E-state index contributed by atoms with van der Waals surface area (Å²) in [7, 11) is -2.87. The minimum Gasteiger partial charge on any atom is -0.343 e. The van der Waals surface area contributed by atoms with E-state index in [2.05, 4.69) is 4.74 Å². The average molecular weight is 409 g/mol. The second-order valence-electron chi connectivity index (χ2n) is 7.28. The van der Waals surface area contributed by atoms with Crippen LogP contribution in [0.25, 0.3) is 5.57 Å². The van der Waals surface area contributed by atoms with Crippen LogP contribution in [0, 0.1) is 5.41 Å². The first-order valence-corrected chi connectivity index (χ1v) is 10.2. The zero-order chi connectivity index (χ0) is 20.3. The highest BCUT2D eigenvalue weighted by molar-refractivity contribution is 7.89. The van der Waals surface area contributed by atoms with Crippen molar-refractivity contribution in [1.29, 1.82) is 0 Å². The fourth-order valence-electron chi connectivity index (χ4n) is 3.55. The van der Waals surface area contributed by atoms with Gasteiger partial charge in [-0.05, 0) is 53.8 Å². The van der Waals surface area contributed by atoms with Gasteiger partial charge in [-0.15, -0.1) is 0 Å². The summed E-state index contributed by atoms with van der Waals surface area (Å²) in [6.45, 7) is 0. The van der Waals surface area contributed by atoms with E-state index in [0.29, 0.717) is 16.7 Å². The van der Waals surface area contributed by atoms with Crippen LogP contribution >= 0.6 is 0 Å². The molecule has 28 heavy (non-hydrogen) atoms. The number of allylic oxidation sites excluding steroid dienone is 6. The molecule has 1 aromatic rings. The first-order chi connectivity index (χ1) is 13.1. The van der Waals surface area contributed by atoms with Crippen LogP contribution in [0.15, 0.2) is 70.4 Å². The van der Waals surface area contributed by atoms with Crippen LogP contribution in [-0.2, 0) is 14.8 Å². The van der Waals surface area contributed by atoms with E-state index in [1.807, 2.05) is 12.2 Å². The molecule has 3 aliphatic carbocycles. The molecule has 4 rings (SSSR count). The van der Waals surface area contributed by atoms with Gasteiger partial charge in [-0.1, -0.05) is 24.3 Å². The zero-order valence-corrected chi connectivity index (χ0v) is 15.8. The van der Waals surface area contributed by atoms with Crippen molar-refractivity contribution in [1.82, 2.24) is 0 Å². The van der Waals surface area contributed by atoms with Gasteiger partial charge >= 0.3 is 0 Å². The highest BCUT2D eigenvalue weighted by Gasteiger charge is 2.48. The SMILES string of the molecule is COC1(F)C=CC(C2=CC3(C=C2c2ccc(S(N)(=O)=O)cc2)CC3)=C(F)C1F. The van der Waals surface area contributed by atoms with Gasteiger partial charge in [0, 0.05) is 18.1 Å². The number of benzene rings is 1. The maximum Gasteiger partial charge on any atom is 0.266 e. The maximum atomic E-state index is 14.7. The van der Waals surface area contributed by atoms with E-state index >= 15 is 0 Å². The molecule has 0 bridgehead atoms. The molecule has 1 fully saturated rings. The number of ether oxygens (including phenoxy) is 1. The van der Waals surface area contributed by atoms with E-state index in [-0.39, 0.29) is 15.9 Å². The predicted molar refractivity (Wildman–Crippen MR) is 98.6 cm³/mol. The third kappa shape index (κ3) is 3.05. The molecule has 0 aliphatic heterocycles. The fourth-order valence-corrected chi connectivity index (χ4v) is 4.07. The number of halogens is 3. The number of methoxy groups -OCH3 is 1. The molecule has 3 aliphatic rings. The van der Waals surface area contributed by atoms with E-state index in [4.69, 9.17) is 5.14 Å². The summed E-state index contributed by atoms with van der Waals surface area (Å²) >= 11 is 0. The van der Waals surface area contributed by atoms with Gasteiger partial charge in [-0.25, -0.2) is 26.7 Å². The Labute approximate surface area is 160 Å². The van der Waals surface area contributed by atoms with Crippen LogP contribution in [0.3, 0.4) is 0 Å². The van der Waals surface area contributed by atoms with Gasteiger partial charge in [0.25, 0.3) is 5.85 Å². The van der Waals surface area contributed by atoms with Crippen LogP contribution < -0.4 is 5.14 Å². The molecule has 1 aromatic carbocycles. The van der Waals surface area contributed by atoms with Crippen LogP contribution in [-0.4, -0.2) is 27.6 Å². The monoisotopic (exact) mass is 409 g/mol. The molecule has 0 amide bonds. The van der Waals surface area contributed by atoms with Crippen molar-refractivity contribution >= 4 is 15.6 Å². The van der Waals surface area contributed by atoms with E-state index in [0.717, 1.165) is 26.0 Å². The Morgan fingerprint density at radius 2 is 1.75 bits per heavy atom. The quantitative estimate of drug-likeness (QED) is 0.821. The number of nitrogens with two attached hydrogens (primary N) is 1. The van der Waals surface area contributed by atoms with Crippen LogP contribution in [0.1, 0.15) is 18.4 Å². The normalized spacial score (nSPS) is 28.5. The molecule has 1 saturated carbocycles. The van der Waals surface area contributed by atoms with Gasteiger partial charge in [-0.3, -0.25) is 0 Å². The average Bonchev–Trinajstić information content (AvgIpc) is 3.31. The third-order valence-corrected chi connectivity index (χ3v) is 6.31. The lowest BCUT2D eigenvalue weighted by atomic mass is 9.89. The van der Waals surface area contributed by atoms with Crippen molar-refractivity contribution in [3.8, 4) is 0 Å². The van der Waals surface area contributed by atoms with Gasteiger partial charge < -0.3 is 4.74 Å². The number of rotatable bonds is 4. The number of sulfonamides is 1. The van der Waals surface area contributed by atoms with Crippen molar-refractivity contribution in [2.75, 3.05) is 7.11 Å². The third-order valence-electron chi connectivity index (χ3n) is 5.38. The van der Waals surface area contributed by atoms with E-state index in [9.17, 15) is 21.6 Å². The summed E-state index contributed by atoms with van der Waals surface area (Å²) in [6, 6.07) is 5.84. The summed E-state index contributed by atoms with van der Waals surface area (Å²) in [6.07, 6.45) is 5.06. The summed E-state index contributed by atoms with van der Waals surface area (Å²) in [4.78, 5) is -0.0457. The summed E-state index contributed by atoms with van der Waals surface area (Å²) in [5.41, 5.74) is 1.47. The molecule has 4 nitrogen and oxygen atoms in total. The molecular weight excluding hydrogens is 391 g/mol. The molecule has 2 unspecified atom stereocenters. The van der Waals surface area contributed by atoms with Crippen LogP contribution in [0.2, 0.25) is 0 Å².